The molecular formula is C21H26N4O3. The third-order valence-corrected chi connectivity index (χ3v) is 5.32. The van der Waals surface area contributed by atoms with Gasteiger partial charge in [0.25, 0.3) is 5.91 Å². The maximum absolute atomic E-state index is 13.0. The number of carbonyl (C=O) groups excluding carboxylic acids is 2. The Morgan fingerprint density at radius 3 is 2.32 bits per heavy atom. The Morgan fingerprint density at radius 2 is 1.71 bits per heavy atom. The van der Waals surface area contributed by atoms with Crippen molar-refractivity contribution in [1.82, 2.24) is 19.6 Å². The summed E-state index contributed by atoms with van der Waals surface area (Å²) in [5.41, 5.74) is 3.77. The van der Waals surface area contributed by atoms with Crippen LogP contribution >= 0.6 is 0 Å². The number of rotatable bonds is 4. The highest BCUT2D eigenvalue weighted by Gasteiger charge is 2.32. The van der Waals surface area contributed by atoms with Crippen LogP contribution in [0.1, 0.15) is 47.4 Å². The van der Waals surface area contributed by atoms with Gasteiger partial charge in [0.1, 0.15) is 0 Å². The van der Waals surface area contributed by atoms with Crippen molar-refractivity contribution >= 4 is 12.0 Å². The van der Waals surface area contributed by atoms with Gasteiger partial charge in [0.15, 0.2) is 5.69 Å². The van der Waals surface area contributed by atoms with E-state index < -0.39 is 0 Å². The average Bonchev–Trinajstić information content (AvgIpc) is 3.47. The van der Waals surface area contributed by atoms with E-state index >= 15 is 0 Å². The predicted octanol–water partition coefficient (Wildman–Crippen LogP) is 2.97. The molecule has 0 atom stereocenters. The lowest BCUT2D eigenvalue weighted by Crippen LogP contribution is -2.50. The number of nitrogens with zero attached hydrogens (tertiary/aromatic N) is 4. The Bertz CT molecular complexity index is 862. The molecule has 2 heterocycles. The average molecular weight is 382 g/mol. The van der Waals surface area contributed by atoms with Crippen LogP contribution in [0, 0.1) is 6.92 Å². The third-order valence-electron chi connectivity index (χ3n) is 5.32. The van der Waals surface area contributed by atoms with Gasteiger partial charge in [-0.25, -0.2) is 9.48 Å². The maximum atomic E-state index is 13.0. The number of hydrogen-bond acceptors (Lipinski definition) is 4. The predicted molar refractivity (Wildman–Crippen MR) is 105 cm³/mol. The lowest BCUT2D eigenvalue weighted by molar-refractivity contribution is 0.0565. The van der Waals surface area contributed by atoms with E-state index in [0.29, 0.717) is 44.4 Å². The summed E-state index contributed by atoms with van der Waals surface area (Å²) in [4.78, 5) is 28.3. The van der Waals surface area contributed by atoms with E-state index in [1.807, 2.05) is 22.9 Å². The zero-order valence-electron chi connectivity index (χ0n) is 16.4. The monoisotopic (exact) mass is 382 g/mol. The second-order valence-corrected chi connectivity index (χ2v) is 7.45. The Kier molecular flexibility index (Phi) is 5.07. The van der Waals surface area contributed by atoms with Gasteiger partial charge in [-0.05, 0) is 44.9 Å². The van der Waals surface area contributed by atoms with Crippen LogP contribution < -0.4 is 0 Å². The molecule has 1 aromatic carbocycles. The normalized spacial score (nSPS) is 16.9. The molecule has 7 heteroatoms. The fourth-order valence-corrected chi connectivity index (χ4v) is 3.53. The van der Waals surface area contributed by atoms with E-state index in [2.05, 4.69) is 24.2 Å². The second-order valence-electron chi connectivity index (χ2n) is 7.45. The number of aromatic nitrogens is 2. The van der Waals surface area contributed by atoms with E-state index in [9.17, 15) is 9.59 Å². The van der Waals surface area contributed by atoms with Crippen molar-refractivity contribution in [3.05, 3.63) is 47.3 Å². The van der Waals surface area contributed by atoms with Gasteiger partial charge in [-0.1, -0.05) is 17.7 Å². The van der Waals surface area contributed by atoms with Gasteiger partial charge >= 0.3 is 6.09 Å². The Balaban J connectivity index is 1.50. The zero-order chi connectivity index (χ0) is 19.7. The molecule has 2 fully saturated rings. The molecule has 0 unspecified atom stereocenters. The van der Waals surface area contributed by atoms with Crippen LogP contribution in [0.4, 0.5) is 4.79 Å². The van der Waals surface area contributed by atoms with Crippen LogP contribution in [0.3, 0.4) is 0 Å². The summed E-state index contributed by atoms with van der Waals surface area (Å²) < 4.78 is 6.96. The van der Waals surface area contributed by atoms with E-state index in [-0.39, 0.29) is 12.0 Å². The van der Waals surface area contributed by atoms with Crippen LogP contribution in [-0.2, 0) is 4.74 Å². The largest absolute Gasteiger partial charge is 0.450 e. The number of carbonyl (C=O) groups is 2. The number of hydrogen-bond donors (Lipinski definition) is 0. The molecule has 0 radical (unpaired) electrons. The van der Waals surface area contributed by atoms with Crippen molar-refractivity contribution in [2.24, 2.45) is 0 Å². The Labute approximate surface area is 164 Å². The lowest BCUT2D eigenvalue weighted by Gasteiger charge is -2.33. The molecule has 1 saturated heterocycles. The van der Waals surface area contributed by atoms with Crippen molar-refractivity contribution < 1.29 is 14.3 Å². The molecule has 2 amide bonds. The Morgan fingerprint density at radius 1 is 1.07 bits per heavy atom. The summed E-state index contributed by atoms with van der Waals surface area (Å²) in [7, 11) is 0. The van der Waals surface area contributed by atoms with Crippen LogP contribution in [0.5, 0.6) is 0 Å². The molecule has 148 valence electrons. The minimum Gasteiger partial charge on any atom is -0.450 e. The summed E-state index contributed by atoms with van der Waals surface area (Å²) in [6.07, 6.45) is 1.97. The van der Waals surface area contributed by atoms with Crippen molar-refractivity contribution in [1.29, 1.82) is 0 Å². The molecule has 1 aromatic heterocycles. The molecule has 1 aliphatic heterocycles. The molecule has 2 aromatic rings. The molecule has 7 nitrogen and oxygen atoms in total. The summed E-state index contributed by atoms with van der Waals surface area (Å²) in [6, 6.07) is 10.1. The molecule has 0 bridgehead atoms. The van der Waals surface area contributed by atoms with E-state index in [0.717, 1.165) is 24.2 Å². The molecule has 0 N–H and O–H groups in total. The first kappa shape index (κ1) is 18.5. The van der Waals surface area contributed by atoms with Gasteiger partial charge in [-0.2, -0.15) is 5.10 Å². The van der Waals surface area contributed by atoms with E-state index in [4.69, 9.17) is 4.74 Å². The van der Waals surface area contributed by atoms with Gasteiger partial charge < -0.3 is 14.5 Å². The fourth-order valence-electron chi connectivity index (χ4n) is 3.53. The first-order valence-corrected chi connectivity index (χ1v) is 9.94. The Hall–Kier alpha value is -2.83. The van der Waals surface area contributed by atoms with Gasteiger partial charge in [-0.15, -0.1) is 0 Å². The first-order chi connectivity index (χ1) is 13.6. The molecule has 1 saturated carbocycles. The smallest absolute Gasteiger partial charge is 0.409 e. The lowest BCUT2D eigenvalue weighted by atomic mass is 10.2. The molecular weight excluding hydrogens is 356 g/mol. The SMILES string of the molecule is CCOC(=O)N1CCN(C(=O)c2cc(C3CC3)n(-c3ccc(C)cc3)n2)CC1. The number of aryl methyl sites for hydroxylation is 1. The second kappa shape index (κ2) is 7.66. The quantitative estimate of drug-likeness (QED) is 0.815. The van der Waals surface area contributed by atoms with Gasteiger partial charge in [0.05, 0.1) is 12.3 Å². The highest BCUT2D eigenvalue weighted by Crippen LogP contribution is 2.41. The molecule has 4 rings (SSSR count). The van der Waals surface area contributed by atoms with Crippen molar-refractivity contribution in [2.45, 2.75) is 32.6 Å². The summed E-state index contributed by atoms with van der Waals surface area (Å²) >= 11 is 0. The van der Waals surface area contributed by atoms with Crippen LogP contribution in [0.15, 0.2) is 30.3 Å². The van der Waals surface area contributed by atoms with Crippen LogP contribution in [-0.4, -0.2) is 64.4 Å². The minimum atomic E-state index is -0.311. The molecule has 2 aliphatic rings. The standard InChI is InChI=1S/C21H26N4O3/c1-3-28-21(27)24-12-10-23(11-13-24)20(26)18-14-19(16-6-7-16)25(22-18)17-8-4-15(2)5-9-17/h4-5,8-9,14,16H,3,6-7,10-13H2,1-2H3. The van der Waals surface area contributed by atoms with Crippen molar-refractivity contribution in [3.8, 4) is 5.69 Å². The number of amides is 2. The van der Waals surface area contributed by atoms with Crippen molar-refractivity contribution in [2.75, 3.05) is 32.8 Å². The summed E-state index contributed by atoms with van der Waals surface area (Å²) in [6.45, 7) is 6.16. The number of piperazine rings is 1. The fraction of sp³-hybridized carbons (Fsp3) is 0.476. The summed E-state index contributed by atoms with van der Waals surface area (Å²) in [5.74, 6) is 0.410. The van der Waals surface area contributed by atoms with Crippen LogP contribution in [0.2, 0.25) is 0 Å². The zero-order valence-corrected chi connectivity index (χ0v) is 16.4. The number of benzene rings is 1. The van der Waals surface area contributed by atoms with E-state index in [1.54, 1.807) is 16.7 Å². The van der Waals surface area contributed by atoms with Gasteiger partial charge in [0.2, 0.25) is 0 Å². The minimum absolute atomic E-state index is 0.0729. The summed E-state index contributed by atoms with van der Waals surface area (Å²) in [5, 5.41) is 4.65. The topological polar surface area (TPSA) is 67.7 Å². The third kappa shape index (κ3) is 3.74. The van der Waals surface area contributed by atoms with Crippen LogP contribution in [0.25, 0.3) is 5.69 Å². The van der Waals surface area contributed by atoms with E-state index in [1.165, 1.54) is 5.56 Å². The highest BCUT2D eigenvalue weighted by atomic mass is 16.6. The molecule has 28 heavy (non-hydrogen) atoms. The molecule has 1 aliphatic carbocycles. The highest BCUT2D eigenvalue weighted by molar-refractivity contribution is 5.92. The maximum Gasteiger partial charge on any atom is 0.409 e. The van der Waals surface area contributed by atoms with Crippen molar-refractivity contribution in [3.63, 3.8) is 0 Å². The van der Waals surface area contributed by atoms with Gasteiger partial charge in [0, 0.05) is 37.8 Å². The number of ether oxygens (including phenoxy) is 1. The first-order valence-electron chi connectivity index (χ1n) is 9.94. The van der Waals surface area contributed by atoms with Gasteiger partial charge in [-0.3, -0.25) is 4.79 Å². The molecule has 0 spiro atoms.